The maximum absolute atomic E-state index is 12.2. The second kappa shape index (κ2) is 4.49. The van der Waals surface area contributed by atoms with Gasteiger partial charge in [0.2, 0.25) is 5.78 Å². The number of carbonyl (C=O) groups is 1. The number of nitrogens with two attached hydrogens (primary N) is 2. The summed E-state index contributed by atoms with van der Waals surface area (Å²) >= 11 is 0. The molecule has 4 N–H and O–H groups in total. The second-order valence-corrected chi connectivity index (χ2v) is 3.93. The minimum absolute atomic E-state index is 0.288. The molecule has 0 aliphatic carbocycles. The molecule has 0 saturated heterocycles. The van der Waals surface area contributed by atoms with Gasteiger partial charge >= 0.3 is 0 Å². The molecular formula is C14H14N2O. The van der Waals surface area contributed by atoms with E-state index in [-0.39, 0.29) is 5.78 Å². The standard InChI is InChI=1S/C14H14N2O/c15-14(16,12-9-5-2-6-10-12)13(17)11-7-3-1-4-8-11/h1-10H,15-16H2. The van der Waals surface area contributed by atoms with Crippen molar-refractivity contribution < 1.29 is 4.79 Å². The molecule has 0 saturated carbocycles. The van der Waals surface area contributed by atoms with E-state index in [1.807, 2.05) is 24.3 Å². The van der Waals surface area contributed by atoms with Crippen molar-refractivity contribution in [3.63, 3.8) is 0 Å². The second-order valence-electron chi connectivity index (χ2n) is 3.93. The van der Waals surface area contributed by atoms with Crippen molar-refractivity contribution in [3.05, 3.63) is 71.8 Å². The lowest BCUT2D eigenvalue weighted by Gasteiger charge is -2.23. The lowest BCUT2D eigenvalue weighted by atomic mass is 9.92. The van der Waals surface area contributed by atoms with E-state index >= 15 is 0 Å². The summed E-state index contributed by atoms with van der Waals surface area (Å²) in [6.45, 7) is 0. The Morgan fingerprint density at radius 1 is 0.824 bits per heavy atom. The predicted molar refractivity (Wildman–Crippen MR) is 67.3 cm³/mol. The Morgan fingerprint density at radius 2 is 1.29 bits per heavy atom. The van der Waals surface area contributed by atoms with Crippen LogP contribution in [0.2, 0.25) is 0 Å². The van der Waals surface area contributed by atoms with Crippen LogP contribution in [-0.2, 0) is 5.66 Å². The van der Waals surface area contributed by atoms with Crippen LogP contribution in [-0.4, -0.2) is 5.78 Å². The van der Waals surface area contributed by atoms with E-state index in [2.05, 4.69) is 0 Å². The van der Waals surface area contributed by atoms with Gasteiger partial charge in [0.1, 0.15) is 0 Å². The third-order valence-corrected chi connectivity index (χ3v) is 2.66. The van der Waals surface area contributed by atoms with Crippen molar-refractivity contribution in [3.8, 4) is 0 Å². The summed E-state index contributed by atoms with van der Waals surface area (Å²) in [6.07, 6.45) is 0. The van der Waals surface area contributed by atoms with Crippen molar-refractivity contribution in [1.29, 1.82) is 0 Å². The van der Waals surface area contributed by atoms with E-state index in [4.69, 9.17) is 11.5 Å². The third-order valence-electron chi connectivity index (χ3n) is 2.66. The first-order valence-corrected chi connectivity index (χ1v) is 5.35. The summed E-state index contributed by atoms with van der Waals surface area (Å²) in [6, 6.07) is 17.8. The number of hydrogen-bond acceptors (Lipinski definition) is 3. The predicted octanol–water partition coefficient (Wildman–Crippen LogP) is 1.64. The summed E-state index contributed by atoms with van der Waals surface area (Å²) in [7, 11) is 0. The lowest BCUT2D eigenvalue weighted by Crippen LogP contribution is -2.53. The van der Waals surface area contributed by atoms with Crippen molar-refractivity contribution in [2.45, 2.75) is 5.66 Å². The van der Waals surface area contributed by atoms with Crippen LogP contribution in [0.5, 0.6) is 0 Å². The van der Waals surface area contributed by atoms with Crippen LogP contribution < -0.4 is 11.5 Å². The molecule has 2 aromatic carbocycles. The van der Waals surface area contributed by atoms with Gasteiger partial charge in [0.15, 0.2) is 5.66 Å². The summed E-state index contributed by atoms with van der Waals surface area (Å²) in [5, 5.41) is 0. The third kappa shape index (κ3) is 2.25. The molecule has 0 aliphatic rings. The van der Waals surface area contributed by atoms with E-state index in [1.165, 1.54) is 0 Å². The average Bonchev–Trinajstić information content (AvgIpc) is 2.40. The van der Waals surface area contributed by atoms with Crippen LogP contribution >= 0.6 is 0 Å². The highest BCUT2D eigenvalue weighted by atomic mass is 16.1. The molecular weight excluding hydrogens is 212 g/mol. The Bertz CT molecular complexity index is 506. The molecule has 0 spiro atoms. The Balaban J connectivity index is 2.37. The highest BCUT2D eigenvalue weighted by molar-refractivity contribution is 6.03. The highest BCUT2D eigenvalue weighted by Crippen LogP contribution is 2.17. The van der Waals surface area contributed by atoms with Gasteiger partial charge in [-0.25, -0.2) is 0 Å². The Morgan fingerprint density at radius 3 is 1.82 bits per heavy atom. The first-order valence-electron chi connectivity index (χ1n) is 5.35. The minimum atomic E-state index is -1.48. The molecule has 0 heterocycles. The van der Waals surface area contributed by atoms with Gasteiger partial charge in [-0.2, -0.15) is 0 Å². The fraction of sp³-hybridized carbons (Fsp3) is 0.0714. The number of benzene rings is 2. The molecule has 86 valence electrons. The fourth-order valence-electron chi connectivity index (χ4n) is 1.67. The molecule has 0 amide bonds. The van der Waals surface area contributed by atoms with Crippen LogP contribution in [0.3, 0.4) is 0 Å². The van der Waals surface area contributed by atoms with Gasteiger partial charge < -0.3 is 11.5 Å². The summed E-state index contributed by atoms with van der Waals surface area (Å²) in [4.78, 5) is 12.2. The van der Waals surface area contributed by atoms with E-state index in [1.54, 1.807) is 36.4 Å². The maximum atomic E-state index is 12.2. The van der Waals surface area contributed by atoms with Crippen LogP contribution in [0, 0.1) is 0 Å². The molecule has 3 nitrogen and oxygen atoms in total. The summed E-state index contributed by atoms with van der Waals surface area (Å²) in [5.74, 6) is -0.288. The summed E-state index contributed by atoms with van der Waals surface area (Å²) < 4.78 is 0. The maximum Gasteiger partial charge on any atom is 0.201 e. The number of hydrogen-bond donors (Lipinski definition) is 2. The Kier molecular flexibility index (Phi) is 3.04. The largest absolute Gasteiger partial charge is 0.303 e. The van der Waals surface area contributed by atoms with E-state index in [0.29, 0.717) is 11.1 Å². The van der Waals surface area contributed by atoms with Crippen molar-refractivity contribution in [1.82, 2.24) is 0 Å². The van der Waals surface area contributed by atoms with Crippen LogP contribution in [0.15, 0.2) is 60.7 Å². The Hall–Kier alpha value is -1.97. The number of ketones is 1. The quantitative estimate of drug-likeness (QED) is 0.617. The zero-order chi connectivity index (χ0) is 12.3. The summed E-state index contributed by atoms with van der Waals surface area (Å²) in [5.41, 5.74) is 11.5. The molecule has 0 radical (unpaired) electrons. The fourth-order valence-corrected chi connectivity index (χ4v) is 1.67. The molecule has 0 aromatic heterocycles. The van der Waals surface area contributed by atoms with E-state index in [0.717, 1.165) is 0 Å². The zero-order valence-corrected chi connectivity index (χ0v) is 9.34. The molecule has 3 heteroatoms. The average molecular weight is 226 g/mol. The lowest BCUT2D eigenvalue weighted by molar-refractivity contribution is 0.0890. The molecule has 0 aliphatic heterocycles. The zero-order valence-electron chi connectivity index (χ0n) is 9.34. The van der Waals surface area contributed by atoms with Gasteiger partial charge in [0, 0.05) is 5.56 Å². The van der Waals surface area contributed by atoms with E-state index in [9.17, 15) is 4.79 Å². The molecule has 0 atom stereocenters. The van der Waals surface area contributed by atoms with Gasteiger partial charge in [-0.1, -0.05) is 60.7 Å². The first-order chi connectivity index (χ1) is 8.12. The molecule has 0 bridgehead atoms. The Labute approximate surface area is 100 Å². The van der Waals surface area contributed by atoms with Crippen LogP contribution in [0.25, 0.3) is 0 Å². The topological polar surface area (TPSA) is 69.1 Å². The van der Waals surface area contributed by atoms with Gasteiger partial charge in [0.05, 0.1) is 0 Å². The van der Waals surface area contributed by atoms with Crippen molar-refractivity contribution in [2.75, 3.05) is 0 Å². The van der Waals surface area contributed by atoms with Gasteiger partial charge in [0.25, 0.3) is 0 Å². The molecule has 0 fully saturated rings. The van der Waals surface area contributed by atoms with Crippen LogP contribution in [0.1, 0.15) is 15.9 Å². The smallest absolute Gasteiger partial charge is 0.201 e. The van der Waals surface area contributed by atoms with Crippen molar-refractivity contribution >= 4 is 5.78 Å². The highest BCUT2D eigenvalue weighted by Gasteiger charge is 2.31. The normalized spacial score (nSPS) is 11.2. The first kappa shape index (κ1) is 11.5. The number of carbonyl (C=O) groups excluding carboxylic acids is 1. The van der Waals surface area contributed by atoms with Gasteiger partial charge in [-0.3, -0.25) is 4.79 Å². The van der Waals surface area contributed by atoms with Crippen molar-refractivity contribution in [2.24, 2.45) is 11.5 Å². The van der Waals surface area contributed by atoms with Gasteiger partial charge in [-0.15, -0.1) is 0 Å². The molecule has 2 rings (SSSR count). The minimum Gasteiger partial charge on any atom is -0.303 e. The van der Waals surface area contributed by atoms with Crippen LogP contribution in [0.4, 0.5) is 0 Å². The monoisotopic (exact) mass is 226 g/mol. The molecule has 0 unspecified atom stereocenters. The number of rotatable bonds is 3. The molecule has 2 aromatic rings. The number of Topliss-reactive ketones (excluding diaryl/α,β-unsaturated/α-hetero) is 1. The SMILES string of the molecule is NC(N)(C(=O)c1ccccc1)c1ccccc1. The van der Waals surface area contributed by atoms with E-state index < -0.39 is 5.66 Å². The van der Waals surface area contributed by atoms with Gasteiger partial charge in [-0.05, 0) is 5.56 Å². The molecule has 17 heavy (non-hydrogen) atoms.